The first-order chi connectivity index (χ1) is 12.0. The lowest BCUT2D eigenvalue weighted by Gasteiger charge is -2.13. The van der Waals surface area contributed by atoms with E-state index in [0.717, 1.165) is 23.2 Å². The molecule has 1 N–H and O–H groups in total. The summed E-state index contributed by atoms with van der Waals surface area (Å²) in [5, 5.41) is 0. The number of hydrogen-bond acceptors (Lipinski definition) is 3. The minimum absolute atomic E-state index is 0.262. The third-order valence-electron chi connectivity index (χ3n) is 3.97. The largest absolute Gasteiger partial charge is 0.279 e. The standard InChI is InChI=1S/C20H20N2O2S/c1-16-9-13-19(14-10-16)25(23,24)22-20-8-3-2-6-17(20)11-12-18-7-4-5-15-21-18/h2-10,13-15,22H,11-12H2,1H3. The van der Waals surface area contributed by atoms with Gasteiger partial charge in [-0.1, -0.05) is 42.0 Å². The minimum Gasteiger partial charge on any atom is -0.279 e. The van der Waals surface area contributed by atoms with Gasteiger partial charge in [0.15, 0.2) is 0 Å². The second-order valence-corrected chi connectivity index (χ2v) is 7.58. The Hall–Kier alpha value is -2.66. The first kappa shape index (κ1) is 17.2. The first-order valence-corrected chi connectivity index (χ1v) is 9.60. The van der Waals surface area contributed by atoms with Gasteiger partial charge in [-0.3, -0.25) is 9.71 Å². The molecule has 0 atom stereocenters. The van der Waals surface area contributed by atoms with Gasteiger partial charge in [-0.25, -0.2) is 8.42 Å². The van der Waals surface area contributed by atoms with Crippen molar-refractivity contribution in [2.75, 3.05) is 4.72 Å². The van der Waals surface area contributed by atoms with Crippen molar-refractivity contribution in [2.24, 2.45) is 0 Å². The lowest BCUT2D eigenvalue weighted by molar-refractivity contribution is 0.601. The number of hydrogen-bond donors (Lipinski definition) is 1. The first-order valence-electron chi connectivity index (χ1n) is 8.12. The smallest absolute Gasteiger partial charge is 0.261 e. The third-order valence-corrected chi connectivity index (χ3v) is 5.35. The van der Waals surface area contributed by atoms with Crippen LogP contribution in [-0.2, 0) is 22.9 Å². The summed E-state index contributed by atoms with van der Waals surface area (Å²) in [6.07, 6.45) is 3.23. The molecule has 2 aromatic carbocycles. The van der Waals surface area contributed by atoms with Crippen molar-refractivity contribution in [3.63, 3.8) is 0 Å². The zero-order valence-corrected chi connectivity index (χ0v) is 14.8. The van der Waals surface area contributed by atoms with Crippen molar-refractivity contribution >= 4 is 15.7 Å². The Morgan fingerprint density at radius 2 is 1.60 bits per heavy atom. The highest BCUT2D eigenvalue weighted by atomic mass is 32.2. The monoisotopic (exact) mass is 352 g/mol. The molecular weight excluding hydrogens is 332 g/mol. The van der Waals surface area contributed by atoms with Gasteiger partial charge >= 0.3 is 0 Å². The van der Waals surface area contributed by atoms with Crippen LogP contribution < -0.4 is 4.72 Å². The van der Waals surface area contributed by atoms with Crippen molar-refractivity contribution in [3.8, 4) is 0 Å². The third kappa shape index (κ3) is 4.45. The van der Waals surface area contributed by atoms with Gasteiger partial charge in [0, 0.05) is 11.9 Å². The Bertz CT molecular complexity index is 937. The summed E-state index contributed by atoms with van der Waals surface area (Å²) in [5.41, 5.74) is 3.57. The SMILES string of the molecule is Cc1ccc(S(=O)(=O)Nc2ccccc2CCc2ccccn2)cc1. The van der Waals surface area contributed by atoms with Gasteiger partial charge in [0.05, 0.1) is 10.6 Å². The van der Waals surface area contributed by atoms with E-state index in [0.29, 0.717) is 12.1 Å². The molecule has 0 amide bonds. The maximum absolute atomic E-state index is 12.6. The minimum atomic E-state index is -3.60. The van der Waals surface area contributed by atoms with Crippen LogP contribution in [0.2, 0.25) is 0 Å². The Labute approximate surface area is 148 Å². The molecule has 1 aromatic heterocycles. The van der Waals surface area contributed by atoms with E-state index in [1.165, 1.54) is 0 Å². The van der Waals surface area contributed by atoms with Gasteiger partial charge < -0.3 is 0 Å². The fraction of sp³-hybridized carbons (Fsp3) is 0.150. The number of anilines is 1. The predicted molar refractivity (Wildman–Crippen MR) is 100 cm³/mol. The van der Waals surface area contributed by atoms with E-state index in [9.17, 15) is 8.42 Å². The average molecular weight is 352 g/mol. The van der Waals surface area contributed by atoms with E-state index in [1.807, 2.05) is 43.3 Å². The fourth-order valence-corrected chi connectivity index (χ4v) is 3.67. The number of para-hydroxylation sites is 1. The van der Waals surface area contributed by atoms with E-state index < -0.39 is 10.0 Å². The number of aryl methyl sites for hydroxylation is 3. The van der Waals surface area contributed by atoms with Crippen molar-refractivity contribution in [1.82, 2.24) is 4.98 Å². The number of aromatic nitrogens is 1. The van der Waals surface area contributed by atoms with E-state index in [1.54, 1.807) is 36.5 Å². The van der Waals surface area contributed by atoms with Gasteiger partial charge in [0.25, 0.3) is 10.0 Å². The highest BCUT2D eigenvalue weighted by Crippen LogP contribution is 2.21. The molecule has 0 aliphatic rings. The van der Waals surface area contributed by atoms with Gasteiger partial charge in [-0.15, -0.1) is 0 Å². The molecule has 0 saturated heterocycles. The number of nitrogens with one attached hydrogen (secondary N) is 1. The summed E-state index contributed by atoms with van der Waals surface area (Å²) in [5.74, 6) is 0. The molecule has 5 heteroatoms. The van der Waals surface area contributed by atoms with Crippen LogP contribution in [0, 0.1) is 6.92 Å². The predicted octanol–water partition coefficient (Wildman–Crippen LogP) is 3.98. The summed E-state index contributed by atoms with van der Waals surface area (Å²) in [6, 6.07) is 20.1. The molecule has 4 nitrogen and oxygen atoms in total. The Morgan fingerprint density at radius 3 is 2.32 bits per heavy atom. The normalized spacial score (nSPS) is 11.2. The molecule has 1 heterocycles. The fourth-order valence-electron chi connectivity index (χ4n) is 2.57. The zero-order valence-electron chi connectivity index (χ0n) is 14.0. The number of benzene rings is 2. The molecule has 0 radical (unpaired) electrons. The highest BCUT2D eigenvalue weighted by Gasteiger charge is 2.15. The number of nitrogens with zero attached hydrogens (tertiary/aromatic N) is 1. The van der Waals surface area contributed by atoms with Gasteiger partial charge in [0.2, 0.25) is 0 Å². The molecule has 0 saturated carbocycles. The lowest BCUT2D eigenvalue weighted by Crippen LogP contribution is -2.14. The summed E-state index contributed by atoms with van der Waals surface area (Å²) in [6.45, 7) is 1.93. The van der Waals surface area contributed by atoms with Crippen LogP contribution in [0.15, 0.2) is 77.8 Å². The van der Waals surface area contributed by atoms with Gasteiger partial charge in [0.1, 0.15) is 0 Å². The summed E-state index contributed by atoms with van der Waals surface area (Å²) in [7, 11) is -3.60. The second kappa shape index (κ2) is 7.49. The molecule has 0 aliphatic heterocycles. The number of rotatable bonds is 6. The van der Waals surface area contributed by atoms with E-state index in [2.05, 4.69) is 9.71 Å². The van der Waals surface area contributed by atoms with Crippen LogP contribution in [0.25, 0.3) is 0 Å². The molecule has 3 aromatic rings. The van der Waals surface area contributed by atoms with Gasteiger partial charge in [-0.05, 0) is 55.7 Å². The van der Waals surface area contributed by atoms with Crippen LogP contribution in [0.5, 0.6) is 0 Å². The Kier molecular flexibility index (Phi) is 5.14. The maximum Gasteiger partial charge on any atom is 0.261 e. The maximum atomic E-state index is 12.6. The number of pyridine rings is 1. The van der Waals surface area contributed by atoms with E-state index in [-0.39, 0.29) is 4.90 Å². The molecule has 3 rings (SSSR count). The molecule has 0 unspecified atom stereocenters. The van der Waals surface area contributed by atoms with Crippen molar-refractivity contribution in [2.45, 2.75) is 24.7 Å². The van der Waals surface area contributed by atoms with Crippen molar-refractivity contribution < 1.29 is 8.42 Å². The van der Waals surface area contributed by atoms with Crippen LogP contribution >= 0.6 is 0 Å². The van der Waals surface area contributed by atoms with Gasteiger partial charge in [-0.2, -0.15) is 0 Å². The van der Waals surface area contributed by atoms with Crippen LogP contribution in [-0.4, -0.2) is 13.4 Å². The van der Waals surface area contributed by atoms with Crippen LogP contribution in [0.1, 0.15) is 16.8 Å². The molecule has 0 fully saturated rings. The van der Waals surface area contributed by atoms with E-state index >= 15 is 0 Å². The van der Waals surface area contributed by atoms with Crippen LogP contribution in [0.3, 0.4) is 0 Å². The summed E-state index contributed by atoms with van der Waals surface area (Å²) < 4.78 is 27.9. The van der Waals surface area contributed by atoms with Crippen molar-refractivity contribution in [1.29, 1.82) is 0 Å². The number of sulfonamides is 1. The summed E-state index contributed by atoms with van der Waals surface area (Å²) in [4.78, 5) is 4.58. The topological polar surface area (TPSA) is 59.1 Å². The molecular formula is C20H20N2O2S. The zero-order chi connectivity index (χ0) is 17.7. The molecule has 0 aliphatic carbocycles. The molecule has 128 valence electrons. The second-order valence-electron chi connectivity index (χ2n) is 5.90. The van der Waals surface area contributed by atoms with Crippen molar-refractivity contribution in [3.05, 3.63) is 89.7 Å². The quantitative estimate of drug-likeness (QED) is 0.730. The molecule has 0 spiro atoms. The summed E-state index contributed by atoms with van der Waals surface area (Å²) >= 11 is 0. The Morgan fingerprint density at radius 1 is 0.880 bits per heavy atom. The highest BCUT2D eigenvalue weighted by molar-refractivity contribution is 7.92. The molecule has 0 bridgehead atoms. The van der Waals surface area contributed by atoms with Crippen LogP contribution in [0.4, 0.5) is 5.69 Å². The Balaban J connectivity index is 1.79. The molecule has 25 heavy (non-hydrogen) atoms. The average Bonchev–Trinajstić information content (AvgIpc) is 2.62. The lowest BCUT2D eigenvalue weighted by atomic mass is 10.1. The van der Waals surface area contributed by atoms with E-state index in [4.69, 9.17) is 0 Å².